The Morgan fingerprint density at radius 1 is 1.13 bits per heavy atom. The molecule has 0 saturated heterocycles. The third-order valence-corrected chi connectivity index (χ3v) is 1.97. The van der Waals surface area contributed by atoms with Gasteiger partial charge in [0.2, 0.25) is 0 Å². The molecule has 0 aromatic heterocycles. The first-order valence-electron chi connectivity index (χ1n) is 4.44. The fourth-order valence-electron chi connectivity index (χ4n) is 1.31. The second kappa shape index (κ2) is 6.75. The van der Waals surface area contributed by atoms with E-state index in [2.05, 4.69) is 0 Å². The zero-order chi connectivity index (χ0) is 11.5. The van der Waals surface area contributed by atoms with Gasteiger partial charge in [-0.1, -0.05) is 13.8 Å². The maximum atomic E-state index is 11.5. The van der Waals surface area contributed by atoms with Crippen LogP contribution in [0.3, 0.4) is 0 Å². The molecule has 2 amide bonds. The summed E-state index contributed by atoms with van der Waals surface area (Å²) in [4.78, 5) is 24.8. The first kappa shape index (κ1) is 16.8. The van der Waals surface area contributed by atoms with Gasteiger partial charge in [0.1, 0.15) is 0 Å². The molecule has 0 aliphatic carbocycles. The van der Waals surface area contributed by atoms with Crippen LogP contribution in [-0.4, -0.2) is 49.0 Å². The number of amides is 2. The molecule has 0 saturated carbocycles. The number of hydrogen-bond donors (Lipinski definition) is 0. The van der Waals surface area contributed by atoms with Crippen LogP contribution in [0, 0.1) is 5.92 Å². The Morgan fingerprint density at radius 3 is 1.73 bits per heavy atom. The molecule has 0 radical (unpaired) electrons. The number of rotatable bonds is 3. The van der Waals surface area contributed by atoms with Crippen molar-refractivity contribution in [2.75, 3.05) is 21.1 Å². The van der Waals surface area contributed by atoms with Crippen LogP contribution in [0.25, 0.3) is 0 Å². The van der Waals surface area contributed by atoms with Gasteiger partial charge in [0.05, 0.1) is 12.0 Å². The molecule has 0 fully saturated rings. The molecule has 1 unspecified atom stereocenters. The van der Waals surface area contributed by atoms with E-state index in [0.29, 0.717) is 0 Å². The standard InChI is InChI=1S/C9H18N2O3.Li/c1-6(2)7(8(12)13)11(5)9(14)10(3)4;/h6-7H,1-5H3,(H,12,13);/q;+1/p-1. The van der Waals surface area contributed by atoms with Crippen molar-refractivity contribution in [2.45, 2.75) is 19.9 Å². The van der Waals surface area contributed by atoms with E-state index in [4.69, 9.17) is 0 Å². The Balaban J connectivity index is 0. The van der Waals surface area contributed by atoms with Crippen molar-refractivity contribution in [3.8, 4) is 0 Å². The van der Waals surface area contributed by atoms with E-state index in [1.165, 1.54) is 16.8 Å². The molecule has 0 aromatic rings. The zero-order valence-electron chi connectivity index (χ0n) is 10.3. The normalized spacial score (nSPS) is 11.6. The van der Waals surface area contributed by atoms with Gasteiger partial charge < -0.3 is 19.7 Å². The summed E-state index contributed by atoms with van der Waals surface area (Å²) in [6, 6.07) is -1.22. The Kier molecular flexibility index (Phi) is 7.54. The van der Waals surface area contributed by atoms with Gasteiger partial charge in [0.15, 0.2) is 0 Å². The van der Waals surface area contributed by atoms with Crippen LogP contribution in [0.1, 0.15) is 13.8 Å². The summed E-state index contributed by atoms with van der Waals surface area (Å²) in [5.74, 6) is -1.40. The predicted octanol–water partition coefficient (Wildman–Crippen LogP) is -3.62. The van der Waals surface area contributed by atoms with E-state index in [-0.39, 0.29) is 30.8 Å². The van der Waals surface area contributed by atoms with Gasteiger partial charge >= 0.3 is 24.9 Å². The SMILES string of the molecule is CC(C)C(C(=O)[O-])N(C)C(=O)N(C)C.[Li+]. The second-order valence-corrected chi connectivity index (χ2v) is 3.80. The quantitative estimate of drug-likeness (QED) is 0.450. The Morgan fingerprint density at radius 2 is 1.53 bits per heavy atom. The number of urea groups is 1. The van der Waals surface area contributed by atoms with Crippen molar-refractivity contribution in [2.24, 2.45) is 5.92 Å². The smallest absolute Gasteiger partial charge is 0.548 e. The maximum absolute atomic E-state index is 11.5. The van der Waals surface area contributed by atoms with Crippen LogP contribution in [0.5, 0.6) is 0 Å². The summed E-state index contributed by atoms with van der Waals surface area (Å²) in [5, 5.41) is 10.8. The minimum atomic E-state index is -1.22. The molecular formula is C9H17LiN2O3. The summed E-state index contributed by atoms with van der Waals surface area (Å²) >= 11 is 0. The molecular weight excluding hydrogens is 191 g/mol. The van der Waals surface area contributed by atoms with Gasteiger partial charge in [-0.25, -0.2) is 4.79 Å². The molecule has 0 spiro atoms. The van der Waals surface area contributed by atoms with Gasteiger partial charge in [0.25, 0.3) is 0 Å². The van der Waals surface area contributed by atoms with Gasteiger partial charge in [-0.15, -0.1) is 0 Å². The minimum absolute atomic E-state index is 0. The van der Waals surface area contributed by atoms with Crippen LogP contribution in [-0.2, 0) is 4.79 Å². The minimum Gasteiger partial charge on any atom is -0.548 e. The Bertz CT molecular complexity index is 231. The molecule has 5 nitrogen and oxygen atoms in total. The number of carbonyl (C=O) groups is 2. The summed E-state index contributed by atoms with van der Waals surface area (Å²) in [6.45, 7) is 3.47. The third-order valence-electron chi connectivity index (χ3n) is 1.97. The van der Waals surface area contributed by atoms with Crippen LogP contribution in [0.15, 0.2) is 0 Å². The second-order valence-electron chi connectivity index (χ2n) is 3.80. The molecule has 0 N–H and O–H groups in total. The molecule has 15 heavy (non-hydrogen) atoms. The van der Waals surface area contributed by atoms with E-state index >= 15 is 0 Å². The van der Waals surface area contributed by atoms with E-state index < -0.39 is 12.0 Å². The van der Waals surface area contributed by atoms with Crippen molar-refractivity contribution < 1.29 is 33.6 Å². The predicted molar refractivity (Wildman–Crippen MR) is 50.5 cm³/mol. The summed E-state index contributed by atoms with van der Waals surface area (Å²) in [7, 11) is 4.61. The number of carbonyl (C=O) groups excluding carboxylic acids is 2. The first-order chi connectivity index (χ1) is 6.29. The monoisotopic (exact) mass is 208 g/mol. The maximum Gasteiger partial charge on any atom is 1.00 e. The zero-order valence-corrected chi connectivity index (χ0v) is 10.3. The Labute approximate surface area is 103 Å². The van der Waals surface area contributed by atoms with Gasteiger partial charge in [-0.2, -0.15) is 0 Å². The van der Waals surface area contributed by atoms with Crippen LogP contribution < -0.4 is 24.0 Å². The van der Waals surface area contributed by atoms with Gasteiger partial charge in [-0.05, 0) is 5.92 Å². The molecule has 1 atom stereocenters. The molecule has 0 aromatic carbocycles. The molecule has 0 aliphatic rings. The number of hydrogen-bond acceptors (Lipinski definition) is 3. The number of nitrogens with zero attached hydrogens (tertiary/aromatic N) is 2. The first-order valence-corrected chi connectivity index (χ1v) is 4.44. The number of aliphatic carboxylic acids is 1. The topological polar surface area (TPSA) is 63.7 Å². The van der Waals surface area contributed by atoms with E-state index in [9.17, 15) is 14.7 Å². The van der Waals surface area contributed by atoms with E-state index in [0.717, 1.165) is 0 Å². The molecule has 6 heteroatoms. The number of carboxylic acids is 1. The average molecular weight is 208 g/mol. The molecule has 0 bridgehead atoms. The van der Waals surface area contributed by atoms with Crippen molar-refractivity contribution in [3.63, 3.8) is 0 Å². The van der Waals surface area contributed by atoms with Crippen LogP contribution >= 0.6 is 0 Å². The number of likely N-dealkylation sites (N-methyl/N-ethyl adjacent to an activating group) is 1. The summed E-state index contributed by atoms with van der Waals surface area (Å²) in [6.07, 6.45) is 0. The van der Waals surface area contributed by atoms with E-state index in [1.807, 2.05) is 0 Å². The van der Waals surface area contributed by atoms with Crippen LogP contribution in [0.4, 0.5) is 4.79 Å². The fourth-order valence-corrected chi connectivity index (χ4v) is 1.31. The third kappa shape index (κ3) is 4.58. The molecule has 0 rings (SSSR count). The van der Waals surface area contributed by atoms with Gasteiger partial charge in [-0.3, -0.25) is 0 Å². The van der Waals surface area contributed by atoms with E-state index in [1.54, 1.807) is 27.9 Å². The van der Waals surface area contributed by atoms with Crippen molar-refractivity contribution in [1.29, 1.82) is 0 Å². The van der Waals surface area contributed by atoms with Crippen LogP contribution in [0.2, 0.25) is 0 Å². The fraction of sp³-hybridized carbons (Fsp3) is 0.778. The summed E-state index contributed by atoms with van der Waals surface area (Å²) < 4.78 is 0. The molecule has 0 heterocycles. The summed E-state index contributed by atoms with van der Waals surface area (Å²) in [5.41, 5.74) is 0. The van der Waals surface area contributed by atoms with Gasteiger partial charge in [0, 0.05) is 21.1 Å². The average Bonchev–Trinajstić information content (AvgIpc) is 2.01. The molecule has 0 aliphatic heterocycles. The van der Waals surface area contributed by atoms with Crippen molar-refractivity contribution in [3.05, 3.63) is 0 Å². The van der Waals surface area contributed by atoms with Crippen molar-refractivity contribution in [1.82, 2.24) is 9.80 Å². The van der Waals surface area contributed by atoms with Crippen molar-refractivity contribution >= 4 is 12.0 Å². The molecule has 82 valence electrons. The largest absolute Gasteiger partial charge is 1.00 e. The Hall–Kier alpha value is -0.663. The number of carboxylic acid groups (broad SMARTS) is 1.